The van der Waals surface area contributed by atoms with Crippen molar-refractivity contribution in [2.24, 2.45) is 0 Å². The maximum absolute atomic E-state index is 12.2. The van der Waals surface area contributed by atoms with Gasteiger partial charge in [-0.3, -0.25) is 4.79 Å². The number of carboxylic acid groups (broad SMARTS) is 1. The van der Waals surface area contributed by atoms with E-state index in [1.165, 1.54) is 6.92 Å². The molecule has 0 saturated heterocycles. The number of esters is 1. The number of allylic oxidation sites excluding steroid dienone is 1. The molecule has 7 heteroatoms. The summed E-state index contributed by atoms with van der Waals surface area (Å²) < 4.78 is 10.2. The molecule has 7 nitrogen and oxygen atoms in total. The number of hydrogen-bond acceptors (Lipinski definition) is 5. The normalized spacial score (nSPS) is 13.0. The lowest BCUT2D eigenvalue weighted by Gasteiger charge is -2.18. The van der Waals surface area contributed by atoms with E-state index in [1.54, 1.807) is 0 Å². The fourth-order valence-electron chi connectivity index (χ4n) is 3.39. The second-order valence-electron chi connectivity index (χ2n) is 6.74. The van der Waals surface area contributed by atoms with Crippen LogP contribution in [-0.4, -0.2) is 35.8 Å². The summed E-state index contributed by atoms with van der Waals surface area (Å²) in [5, 5.41) is 11.2. The zero-order valence-corrected chi connectivity index (χ0v) is 15.9. The highest BCUT2D eigenvalue weighted by Crippen LogP contribution is 2.44. The van der Waals surface area contributed by atoms with Crippen LogP contribution in [0, 0.1) is 0 Å². The standard InChI is InChI=1S/C22H21NO6/c1-13(2)29-21(26)19(11-20(24)25)23-22(27)28-12-18-16-9-5-3-7-14(16)15-8-4-6-10-17(15)18/h3-10,18-19H,1,11-12H2,2H3,(H,23,27)(H,24,25)/t19-/m1/s1. The number of aliphatic carboxylic acids is 1. The highest BCUT2D eigenvalue weighted by atomic mass is 16.6. The van der Waals surface area contributed by atoms with E-state index >= 15 is 0 Å². The largest absolute Gasteiger partial charge is 0.481 e. The van der Waals surface area contributed by atoms with E-state index in [4.69, 9.17) is 14.6 Å². The number of alkyl carbamates (subject to hydrolysis) is 1. The van der Waals surface area contributed by atoms with Gasteiger partial charge in [-0.05, 0) is 29.2 Å². The molecule has 1 aliphatic carbocycles. The summed E-state index contributed by atoms with van der Waals surface area (Å²) in [7, 11) is 0. The van der Waals surface area contributed by atoms with Crippen LogP contribution in [0.4, 0.5) is 4.79 Å². The Morgan fingerprint density at radius 1 is 1.07 bits per heavy atom. The number of amides is 1. The topological polar surface area (TPSA) is 102 Å². The molecule has 150 valence electrons. The molecule has 0 aliphatic heterocycles. The van der Waals surface area contributed by atoms with Gasteiger partial charge in [-0.25, -0.2) is 9.59 Å². The minimum atomic E-state index is -1.38. The lowest BCUT2D eigenvalue weighted by molar-refractivity contribution is -0.147. The average molecular weight is 395 g/mol. The van der Waals surface area contributed by atoms with Crippen LogP contribution in [0.25, 0.3) is 11.1 Å². The first-order chi connectivity index (χ1) is 13.9. The molecule has 1 atom stereocenters. The predicted molar refractivity (Wildman–Crippen MR) is 105 cm³/mol. The number of ether oxygens (including phenoxy) is 2. The zero-order chi connectivity index (χ0) is 21.0. The van der Waals surface area contributed by atoms with Gasteiger partial charge in [-0.2, -0.15) is 0 Å². The van der Waals surface area contributed by atoms with Crippen molar-refractivity contribution in [3.8, 4) is 11.1 Å². The molecule has 0 unspecified atom stereocenters. The van der Waals surface area contributed by atoms with Crippen molar-refractivity contribution in [3.05, 3.63) is 72.0 Å². The van der Waals surface area contributed by atoms with Crippen LogP contribution in [0.3, 0.4) is 0 Å². The van der Waals surface area contributed by atoms with Gasteiger partial charge in [0.05, 0.1) is 12.2 Å². The molecule has 0 spiro atoms. The van der Waals surface area contributed by atoms with Gasteiger partial charge >= 0.3 is 18.0 Å². The molecule has 0 radical (unpaired) electrons. The number of rotatable bonds is 7. The highest BCUT2D eigenvalue weighted by Gasteiger charge is 2.30. The van der Waals surface area contributed by atoms with E-state index in [0.29, 0.717) is 0 Å². The number of hydrogen-bond donors (Lipinski definition) is 2. The highest BCUT2D eigenvalue weighted by molar-refractivity contribution is 5.86. The summed E-state index contributed by atoms with van der Waals surface area (Å²) in [5.41, 5.74) is 4.27. The molecule has 0 heterocycles. The molecule has 0 bridgehead atoms. The van der Waals surface area contributed by atoms with Crippen molar-refractivity contribution in [2.45, 2.75) is 25.3 Å². The van der Waals surface area contributed by atoms with Crippen LogP contribution < -0.4 is 5.32 Å². The van der Waals surface area contributed by atoms with E-state index in [1.807, 2.05) is 48.5 Å². The van der Waals surface area contributed by atoms with E-state index in [2.05, 4.69) is 11.9 Å². The number of carboxylic acids is 1. The minimum Gasteiger partial charge on any atom is -0.481 e. The molecule has 3 rings (SSSR count). The maximum Gasteiger partial charge on any atom is 0.407 e. The monoisotopic (exact) mass is 395 g/mol. The van der Waals surface area contributed by atoms with Crippen molar-refractivity contribution < 1.29 is 29.0 Å². The first kappa shape index (κ1) is 20.1. The zero-order valence-electron chi connectivity index (χ0n) is 15.9. The third kappa shape index (κ3) is 4.63. The first-order valence-electron chi connectivity index (χ1n) is 9.07. The number of fused-ring (bicyclic) bond motifs is 3. The molecule has 1 aliphatic rings. The second kappa shape index (κ2) is 8.60. The molecular weight excluding hydrogens is 374 g/mol. The summed E-state index contributed by atoms with van der Waals surface area (Å²) in [6, 6.07) is 14.4. The van der Waals surface area contributed by atoms with Crippen molar-refractivity contribution in [3.63, 3.8) is 0 Å². The molecule has 2 aromatic rings. The Bertz CT molecular complexity index is 922. The molecule has 2 aromatic carbocycles. The summed E-state index contributed by atoms with van der Waals surface area (Å²) in [6.07, 6.45) is -1.52. The Labute approximate surface area is 167 Å². The number of benzene rings is 2. The fourth-order valence-corrected chi connectivity index (χ4v) is 3.39. The first-order valence-corrected chi connectivity index (χ1v) is 9.07. The van der Waals surface area contributed by atoms with Crippen molar-refractivity contribution in [1.82, 2.24) is 5.32 Å². The predicted octanol–water partition coefficient (Wildman–Crippen LogP) is 3.45. The third-order valence-electron chi connectivity index (χ3n) is 4.57. The summed E-state index contributed by atoms with van der Waals surface area (Å²) in [6.45, 7) is 4.93. The molecule has 2 N–H and O–H groups in total. The van der Waals surface area contributed by atoms with Gasteiger partial charge in [0.2, 0.25) is 0 Å². The second-order valence-corrected chi connectivity index (χ2v) is 6.74. The van der Waals surface area contributed by atoms with E-state index in [9.17, 15) is 14.4 Å². The third-order valence-corrected chi connectivity index (χ3v) is 4.57. The fraction of sp³-hybridized carbons (Fsp3) is 0.227. The van der Waals surface area contributed by atoms with Crippen LogP contribution >= 0.6 is 0 Å². The number of carbonyl (C=O) groups is 3. The van der Waals surface area contributed by atoms with Gasteiger partial charge < -0.3 is 19.9 Å². The minimum absolute atomic E-state index is 0.0508. The Kier molecular flexibility index (Phi) is 5.97. The SMILES string of the molecule is C=C(C)OC(=O)[C@@H](CC(=O)O)NC(=O)OCC1c2ccccc2-c2ccccc21. The van der Waals surface area contributed by atoms with E-state index in [-0.39, 0.29) is 18.3 Å². The van der Waals surface area contributed by atoms with Crippen LogP contribution in [0.15, 0.2) is 60.9 Å². The molecule has 0 fully saturated rings. The lowest BCUT2D eigenvalue weighted by atomic mass is 9.98. The maximum atomic E-state index is 12.2. The van der Waals surface area contributed by atoms with Gasteiger partial charge in [0.1, 0.15) is 12.6 Å². The van der Waals surface area contributed by atoms with E-state index in [0.717, 1.165) is 22.3 Å². The van der Waals surface area contributed by atoms with Gasteiger partial charge in [0.15, 0.2) is 0 Å². The van der Waals surface area contributed by atoms with Crippen LogP contribution in [0.5, 0.6) is 0 Å². The Balaban J connectivity index is 1.69. The van der Waals surface area contributed by atoms with Gasteiger partial charge in [-0.1, -0.05) is 55.1 Å². The Hall–Kier alpha value is -3.61. The van der Waals surface area contributed by atoms with Crippen LogP contribution in [0.1, 0.15) is 30.4 Å². The summed E-state index contributed by atoms with van der Waals surface area (Å²) in [5.74, 6) is -2.21. The van der Waals surface area contributed by atoms with Crippen molar-refractivity contribution in [1.29, 1.82) is 0 Å². The molecule has 1 amide bonds. The van der Waals surface area contributed by atoms with Gasteiger partial charge in [0, 0.05) is 5.92 Å². The van der Waals surface area contributed by atoms with Gasteiger partial charge in [0.25, 0.3) is 0 Å². The van der Waals surface area contributed by atoms with Crippen LogP contribution in [0.2, 0.25) is 0 Å². The van der Waals surface area contributed by atoms with Crippen LogP contribution in [-0.2, 0) is 19.1 Å². The van der Waals surface area contributed by atoms with E-state index < -0.39 is 30.5 Å². The number of carbonyl (C=O) groups excluding carboxylic acids is 2. The average Bonchev–Trinajstić information content (AvgIpc) is 2.99. The summed E-state index contributed by atoms with van der Waals surface area (Å²) in [4.78, 5) is 35.2. The quantitative estimate of drug-likeness (QED) is 0.550. The number of nitrogens with one attached hydrogen (secondary N) is 1. The molecular formula is C22H21NO6. The Morgan fingerprint density at radius 2 is 1.62 bits per heavy atom. The van der Waals surface area contributed by atoms with Gasteiger partial charge in [-0.15, -0.1) is 0 Å². The molecule has 0 aromatic heterocycles. The van der Waals surface area contributed by atoms with Crippen molar-refractivity contribution >= 4 is 18.0 Å². The summed E-state index contributed by atoms with van der Waals surface area (Å²) >= 11 is 0. The molecule has 29 heavy (non-hydrogen) atoms. The van der Waals surface area contributed by atoms with Crippen molar-refractivity contribution in [2.75, 3.05) is 6.61 Å². The smallest absolute Gasteiger partial charge is 0.407 e. The molecule has 0 saturated carbocycles. The lowest BCUT2D eigenvalue weighted by Crippen LogP contribution is -2.43. The Morgan fingerprint density at radius 3 is 2.14 bits per heavy atom.